The summed E-state index contributed by atoms with van der Waals surface area (Å²) in [6.07, 6.45) is 20.0. The van der Waals surface area contributed by atoms with Crippen LogP contribution in [0.15, 0.2) is 0 Å². The molecule has 3 nitrogen and oxygen atoms in total. The van der Waals surface area contributed by atoms with Gasteiger partial charge in [0, 0.05) is 0 Å². The fourth-order valence-electron chi connectivity index (χ4n) is 3.64. The van der Waals surface area contributed by atoms with Crippen LogP contribution in [-0.4, -0.2) is 19.4 Å². The maximum Gasteiger partial charge on any atom is 0.508 e. The topological polar surface area (TPSA) is 35.5 Å². The Labute approximate surface area is 176 Å². The summed E-state index contributed by atoms with van der Waals surface area (Å²) in [6, 6.07) is 0. The quantitative estimate of drug-likeness (QED) is 0.152. The highest BCUT2D eigenvalue weighted by Crippen LogP contribution is 2.17. The van der Waals surface area contributed by atoms with Gasteiger partial charge in [0.2, 0.25) is 0 Å². The average molecular weight is 399 g/mol. The van der Waals surface area contributed by atoms with E-state index in [9.17, 15) is 4.79 Å². The Morgan fingerprint density at radius 3 is 1.39 bits per heavy atom. The van der Waals surface area contributed by atoms with Crippen molar-refractivity contribution in [3.8, 4) is 0 Å². The highest BCUT2D eigenvalue weighted by atomic mass is 16.7. The smallest absolute Gasteiger partial charge is 0.434 e. The predicted molar refractivity (Wildman–Crippen MR) is 121 cm³/mol. The summed E-state index contributed by atoms with van der Waals surface area (Å²) in [4.78, 5) is 11.9. The van der Waals surface area contributed by atoms with Gasteiger partial charge in [-0.05, 0) is 24.7 Å². The van der Waals surface area contributed by atoms with E-state index in [4.69, 9.17) is 9.47 Å². The summed E-state index contributed by atoms with van der Waals surface area (Å²) in [5.74, 6) is 0.949. The maximum absolute atomic E-state index is 11.9. The molecule has 0 bridgehead atoms. The number of ether oxygens (including phenoxy) is 2. The van der Waals surface area contributed by atoms with Gasteiger partial charge in [0.1, 0.15) is 0 Å². The van der Waals surface area contributed by atoms with Crippen molar-refractivity contribution < 1.29 is 14.3 Å². The van der Waals surface area contributed by atoms with Crippen molar-refractivity contribution in [1.29, 1.82) is 0 Å². The third-order valence-corrected chi connectivity index (χ3v) is 5.96. The molecule has 2 unspecified atom stereocenters. The van der Waals surface area contributed by atoms with Gasteiger partial charge in [-0.1, -0.05) is 118 Å². The Morgan fingerprint density at radius 1 is 0.571 bits per heavy atom. The molecule has 0 N–H and O–H groups in total. The number of hydrogen-bond acceptors (Lipinski definition) is 3. The van der Waals surface area contributed by atoms with Crippen molar-refractivity contribution in [3.05, 3.63) is 0 Å². The van der Waals surface area contributed by atoms with Crippen molar-refractivity contribution in [2.45, 2.75) is 130 Å². The zero-order valence-corrected chi connectivity index (χ0v) is 19.6. The van der Waals surface area contributed by atoms with Crippen molar-refractivity contribution in [1.82, 2.24) is 0 Å². The van der Waals surface area contributed by atoms with Crippen LogP contribution in [-0.2, 0) is 9.47 Å². The van der Waals surface area contributed by atoms with Crippen LogP contribution >= 0.6 is 0 Å². The van der Waals surface area contributed by atoms with Crippen LogP contribution in [0.1, 0.15) is 130 Å². The lowest BCUT2D eigenvalue weighted by molar-refractivity contribution is 0.0315. The summed E-state index contributed by atoms with van der Waals surface area (Å²) in [6.45, 7) is 9.83. The molecule has 0 amide bonds. The van der Waals surface area contributed by atoms with Crippen molar-refractivity contribution in [3.63, 3.8) is 0 Å². The molecule has 0 aliphatic heterocycles. The molecule has 0 heterocycles. The van der Waals surface area contributed by atoms with Gasteiger partial charge in [-0.2, -0.15) is 0 Å². The lowest BCUT2D eigenvalue weighted by Gasteiger charge is -2.17. The summed E-state index contributed by atoms with van der Waals surface area (Å²) in [5.41, 5.74) is 0. The molecule has 2 atom stereocenters. The normalized spacial score (nSPS) is 13.3. The van der Waals surface area contributed by atoms with Crippen LogP contribution in [0.3, 0.4) is 0 Å². The number of hydrogen-bond donors (Lipinski definition) is 0. The van der Waals surface area contributed by atoms with Crippen LogP contribution in [0.5, 0.6) is 0 Å². The van der Waals surface area contributed by atoms with E-state index in [0.29, 0.717) is 25.0 Å². The number of carbonyl (C=O) groups is 1. The first-order valence-corrected chi connectivity index (χ1v) is 12.5. The molecule has 0 spiro atoms. The molecule has 0 aliphatic rings. The zero-order chi connectivity index (χ0) is 20.9. The molecular weight excluding hydrogens is 348 g/mol. The van der Waals surface area contributed by atoms with E-state index >= 15 is 0 Å². The second kappa shape index (κ2) is 21.0. The van der Waals surface area contributed by atoms with Gasteiger partial charge >= 0.3 is 6.16 Å². The van der Waals surface area contributed by atoms with Gasteiger partial charge in [0.15, 0.2) is 0 Å². The van der Waals surface area contributed by atoms with Gasteiger partial charge in [0.25, 0.3) is 0 Å². The van der Waals surface area contributed by atoms with Gasteiger partial charge in [0.05, 0.1) is 13.2 Å². The maximum atomic E-state index is 11.9. The lowest BCUT2D eigenvalue weighted by Crippen LogP contribution is -2.18. The zero-order valence-electron chi connectivity index (χ0n) is 19.6. The van der Waals surface area contributed by atoms with Crippen LogP contribution < -0.4 is 0 Å². The van der Waals surface area contributed by atoms with Crippen LogP contribution in [0.2, 0.25) is 0 Å². The number of rotatable bonds is 20. The Balaban J connectivity index is 3.65. The molecule has 0 rings (SSSR count). The number of carbonyl (C=O) groups excluding carboxylic acids is 1. The van der Waals surface area contributed by atoms with E-state index < -0.39 is 6.16 Å². The standard InChI is InChI=1S/C25H50O3/c1-5-9-11-12-13-14-15-16-17-18-20-24(8-4)22-28-25(26)27-21-23(7-3)19-10-6-2/h23-24H,5-22H2,1-4H3. The van der Waals surface area contributed by atoms with Gasteiger partial charge in [-0.25, -0.2) is 4.79 Å². The van der Waals surface area contributed by atoms with E-state index in [1.165, 1.54) is 77.0 Å². The van der Waals surface area contributed by atoms with Crippen molar-refractivity contribution in [2.24, 2.45) is 11.8 Å². The SMILES string of the molecule is CCCCCCCCCCCCC(CC)COC(=O)OCC(CC)CCCC. The molecule has 0 saturated heterocycles. The highest BCUT2D eigenvalue weighted by molar-refractivity contribution is 5.59. The van der Waals surface area contributed by atoms with Crippen LogP contribution in [0.4, 0.5) is 4.79 Å². The molecule has 168 valence electrons. The molecule has 0 aromatic heterocycles. The first-order chi connectivity index (χ1) is 13.7. The molecule has 28 heavy (non-hydrogen) atoms. The minimum atomic E-state index is -0.475. The molecule has 0 fully saturated rings. The molecule has 0 aromatic carbocycles. The van der Waals surface area contributed by atoms with Crippen molar-refractivity contribution in [2.75, 3.05) is 13.2 Å². The Hall–Kier alpha value is -0.730. The van der Waals surface area contributed by atoms with Crippen LogP contribution in [0, 0.1) is 11.8 Å². The minimum Gasteiger partial charge on any atom is -0.434 e. The first-order valence-electron chi connectivity index (χ1n) is 12.5. The molecule has 0 saturated carbocycles. The average Bonchev–Trinajstić information content (AvgIpc) is 2.71. The molecule has 0 aromatic rings. The Morgan fingerprint density at radius 2 is 0.964 bits per heavy atom. The third-order valence-electron chi connectivity index (χ3n) is 5.96. The number of unbranched alkanes of at least 4 members (excludes halogenated alkanes) is 10. The Bertz CT molecular complexity index is 330. The van der Waals surface area contributed by atoms with E-state index in [1.54, 1.807) is 0 Å². The summed E-state index contributed by atoms with van der Waals surface area (Å²) in [5, 5.41) is 0. The van der Waals surface area contributed by atoms with E-state index in [-0.39, 0.29) is 0 Å². The molecule has 0 aliphatic carbocycles. The third kappa shape index (κ3) is 17.4. The van der Waals surface area contributed by atoms with Gasteiger partial charge < -0.3 is 9.47 Å². The van der Waals surface area contributed by atoms with E-state index in [2.05, 4.69) is 27.7 Å². The molecular formula is C25H50O3. The molecule has 3 heteroatoms. The van der Waals surface area contributed by atoms with E-state index in [0.717, 1.165) is 25.7 Å². The fraction of sp³-hybridized carbons (Fsp3) is 0.960. The summed E-state index contributed by atoms with van der Waals surface area (Å²) < 4.78 is 10.7. The highest BCUT2D eigenvalue weighted by Gasteiger charge is 2.13. The first kappa shape index (κ1) is 27.3. The second-order valence-corrected chi connectivity index (χ2v) is 8.53. The molecule has 0 radical (unpaired) electrons. The van der Waals surface area contributed by atoms with Gasteiger partial charge in [-0.3, -0.25) is 0 Å². The fourth-order valence-corrected chi connectivity index (χ4v) is 3.64. The largest absolute Gasteiger partial charge is 0.508 e. The lowest BCUT2D eigenvalue weighted by atomic mass is 9.98. The Kier molecular flexibility index (Phi) is 20.4. The van der Waals surface area contributed by atoms with Crippen molar-refractivity contribution >= 4 is 6.16 Å². The second-order valence-electron chi connectivity index (χ2n) is 8.53. The summed E-state index contributed by atoms with van der Waals surface area (Å²) >= 11 is 0. The predicted octanol–water partition coefficient (Wildman–Crippen LogP) is 8.69. The monoisotopic (exact) mass is 398 g/mol. The van der Waals surface area contributed by atoms with E-state index in [1.807, 2.05) is 0 Å². The van der Waals surface area contributed by atoms with Gasteiger partial charge in [-0.15, -0.1) is 0 Å². The minimum absolute atomic E-state index is 0.473. The van der Waals surface area contributed by atoms with Crippen LogP contribution in [0.25, 0.3) is 0 Å². The summed E-state index contributed by atoms with van der Waals surface area (Å²) in [7, 11) is 0.